The molecule has 2 nitrogen and oxygen atoms in total. The molecule has 0 fully saturated rings. The van der Waals surface area contributed by atoms with Crippen molar-refractivity contribution in [1.82, 2.24) is 0 Å². The second-order valence-electron chi connectivity index (χ2n) is 3.94. The summed E-state index contributed by atoms with van der Waals surface area (Å²) < 4.78 is 0. The van der Waals surface area contributed by atoms with Gasteiger partial charge in [0.2, 0.25) is 0 Å². The van der Waals surface area contributed by atoms with Gasteiger partial charge in [-0.2, -0.15) is 0 Å². The van der Waals surface area contributed by atoms with Gasteiger partial charge in [-0.05, 0) is 17.4 Å². The van der Waals surface area contributed by atoms with Crippen LogP contribution in [0.2, 0.25) is 0 Å². The molecular formula is C10H14O2. The molecule has 2 heteroatoms. The molecule has 66 valence electrons. The number of carboxylic acid groups (broad SMARTS) is 1. The number of allylic oxidation sites excluding steroid dienone is 2. The van der Waals surface area contributed by atoms with Crippen LogP contribution < -0.4 is 0 Å². The van der Waals surface area contributed by atoms with Crippen LogP contribution in [0, 0.1) is 11.3 Å². The summed E-state index contributed by atoms with van der Waals surface area (Å²) in [5, 5.41) is 8.95. The summed E-state index contributed by atoms with van der Waals surface area (Å²) in [7, 11) is 0. The lowest BCUT2D eigenvalue weighted by atomic mass is 9.70. The molecule has 0 aromatic carbocycles. The summed E-state index contributed by atoms with van der Waals surface area (Å²) in [4.78, 5) is 10.9. The second-order valence-corrected chi connectivity index (χ2v) is 3.94. The summed E-state index contributed by atoms with van der Waals surface area (Å²) in [6.07, 6.45) is 4.61. The highest BCUT2D eigenvalue weighted by molar-refractivity contribution is 5.76. The lowest BCUT2D eigenvalue weighted by molar-refractivity contribution is -0.143. The van der Waals surface area contributed by atoms with Crippen LogP contribution in [-0.2, 0) is 4.79 Å². The van der Waals surface area contributed by atoms with Crippen molar-refractivity contribution in [3.8, 4) is 0 Å². The first-order chi connectivity index (χ1) is 5.45. The van der Waals surface area contributed by atoms with Crippen LogP contribution in [0.4, 0.5) is 0 Å². The molecule has 0 saturated carbocycles. The topological polar surface area (TPSA) is 37.3 Å². The standard InChI is InChI=1S/C10H14O2/c1-7-5-4-6-10(2,3)8(7)9(11)12/h4-5,8H,1,6H2,2-3H3,(H,11,12). The van der Waals surface area contributed by atoms with Crippen LogP contribution in [0.15, 0.2) is 24.3 Å². The molecule has 1 aliphatic rings. The van der Waals surface area contributed by atoms with E-state index < -0.39 is 11.9 Å². The predicted molar refractivity (Wildman–Crippen MR) is 47.8 cm³/mol. The number of carboxylic acids is 1. The minimum absolute atomic E-state index is 0.197. The zero-order valence-corrected chi connectivity index (χ0v) is 7.50. The number of rotatable bonds is 1. The first-order valence-electron chi connectivity index (χ1n) is 4.03. The summed E-state index contributed by atoms with van der Waals surface area (Å²) in [6.45, 7) is 7.66. The largest absolute Gasteiger partial charge is 0.481 e. The van der Waals surface area contributed by atoms with E-state index in [4.69, 9.17) is 5.11 Å². The highest BCUT2D eigenvalue weighted by Gasteiger charge is 2.37. The summed E-state index contributed by atoms with van der Waals surface area (Å²) in [5.41, 5.74) is 0.510. The van der Waals surface area contributed by atoms with Gasteiger partial charge in [0.05, 0.1) is 5.92 Å². The first kappa shape index (κ1) is 9.04. The van der Waals surface area contributed by atoms with Crippen molar-refractivity contribution in [3.63, 3.8) is 0 Å². The molecule has 1 unspecified atom stereocenters. The van der Waals surface area contributed by atoms with Gasteiger partial charge in [-0.3, -0.25) is 4.79 Å². The Hall–Kier alpha value is -1.05. The fraction of sp³-hybridized carbons (Fsp3) is 0.500. The van der Waals surface area contributed by atoms with Crippen LogP contribution in [0.5, 0.6) is 0 Å². The number of carbonyl (C=O) groups is 1. The van der Waals surface area contributed by atoms with Gasteiger partial charge in [0.15, 0.2) is 0 Å². The SMILES string of the molecule is C=C1C=CCC(C)(C)C1C(=O)O. The fourth-order valence-electron chi connectivity index (χ4n) is 1.72. The molecule has 0 spiro atoms. The molecule has 0 saturated heterocycles. The summed E-state index contributed by atoms with van der Waals surface area (Å²) >= 11 is 0. The van der Waals surface area contributed by atoms with Crippen LogP contribution >= 0.6 is 0 Å². The van der Waals surface area contributed by atoms with Crippen LogP contribution in [0.1, 0.15) is 20.3 Å². The average molecular weight is 166 g/mol. The molecular weight excluding hydrogens is 152 g/mol. The van der Waals surface area contributed by atoms with E-state index in [0.717, 1.165) is 6.42 Å². The summed E-state index contributed by atoms with van der Waals surface area (Å²) in [6, 6.07) is 0. The Labute approximate surface area is 72.6 Å². The van der Waals surface area contributed by atoms with Gasteiger partial charge in [0, 0.05) is 0 Å². The van der Waals surface area contributed by atoms with E-state index in [1.807, 2.05) is 26.0 Å². The molecule has 0 radical (unpaired) electrons. The molecule has 1 N–H and O–H groups in total. The van der Waals surface area contributed by atoms with Crippen molar-refractivity contribution in [2.75, 3.05) is 0 Å². The molecule has 0 bridgehead atoms. The Bertz CT molecular complexity index is 249. The normalized spacial score (nSPS) is 27.2. The zero-order valence-electron chi connectivity index (χ0n) is 7.50. The van der Waals surface area contributed by atoms with Crippen molar-refractivity contribution in [1.29, 1.82) is 0 Å². The zero-order chi connectivity index (χ0) is 9.35. The van der Waals surface area contributed by atoms with Crippen molar-refractivity contribution < 1.29 is 9.90 Å². The van der Waals surface area contributed by atoms with Crippen LogP contribution in [-0.4, -0.2) is 11.1 Å². The molecule has 0 aromatic rings. The Morgan fingerprint density at radius 1 is 1.75 bits per heavy atom. The van der Waals surface area contributed by atoms with Crippen molar-refractivity contribution in [3.05, 3.63) is 24.3 Å². The Morgan fingerprint density at radius 2 is 2.33 bits per heavy atom. The monoisotopic (exact) mass is 166 g/mol. The van der Waals surface area contributed by atoms with E-state index in [2.05, 4.69) is 6.58 Å². The molecule has 0 aromatic heterocycles. The van der Waals surface area contributed by atoms with E-state index in [-0.39, 0.29) is 5.41 Å². The maximum atomic E-state index is 10.9. The van der Waals surface area contributed by atoms with Gasteiger partial charge in [-0.15, -0.1) is 0 Å². The fourth-order valence-corrected chi connectivity index (χ4v) is 1.72. The van der Waals surface area contributed by atoms with Gasteiger partial charge in [0.25, 0.3) is 0 Å². The Morgan fingerprint density at radius 3 is 2.67 bits per heavy atom. The van der Waals surface area contributed by atoms with E-state index >= 15 is 0 Å². The van der Waals surface area contributed by atoms with Crippen LogP contribution in [0.3, 0.4) is 0 Å². The maximum Gasteiger partial charge on any atom is 0.311 e. The van der Waals surface area contributed by atoms with E-state index in [1.165, 1.54) is 0 Å². The van der Waals surface area contributed by atoms with Gasteiger partial charge in [-0.25, -0.2) is 0 Å². The quantitative estimate of drug-likeness (QED) is 0.648. The molecule has 0 aliphatic heterocycles. The minimum atomic E-state index is -0.769. The third-order valence-corrected chi connectivity index (χ3v) is 2.38. The lowest BCUT2D eigenvalue weighted by Crippen LogP contribution is -2.33. The van der Waals surface area contributed by atoms with Crippen molar-refractivity contribution >= 4 is 5.97 Å². The minimum Gasteiger partial charge on any atom is -0.481 e. The second kappa shape index (κ2) is 2.77. The Balaban J connectivity index is 3.00. The molecule has 0 amide bonds. The highest BCUT2D eigenvalue weighted by atomic mass is 16.4. The predicted octanol–water partition coefficient (Wildman–Crippen LogP) is 2.23. The van der Waals surface area contributed by atoms with Gasteiger partial charge < -0.3 is 5.11 Å². The molecule has 1 rings (SSSR count). The number of aliphatic carboxylic acids is 1. The number of hydrogen-bond acceptors (Lipinski definition) is 1. The third kappa shape index (κ3) is 1.42. The molecule has 1 atom stereocenters. The number of hydrogen-bond donors (Lipinski definition) is 1. The summed E-state index contributed by atoms with van der Waals surface area (Å²) in [5.74, 6) is -1.20. The van der Waals surface area contributed by atoms with Gasteiger partial charge >= 0.3 is 5.97 Å². The van der Waals surface area contributed by atoms with E-state index in [9.17, 15) is 4.79 Å². The maximum absolute atomic E-state index is 10.9. The first-order valence-corrected chi connectivity index (χ1v) is 4.03. The van der Waals surface area contributed by atoms with Gasteiger partial charge in [0.1, 0.15) is 0 Å². The smallest absolute Gasteiger partial charge is 0.311 e. The average Bonchev–Trinajstić information content (AvgIpc) is 1.82. The van der Waals surface area contributed by atoms with Crippen molar-refractivity contribution in [2.45, 2.75) is 20.3 Å². The van der Waals surface area contributed by atoms with Gasteiger partial charge in [-0.1, -0.05) is 32.6 Å². The lowest BCUT2D eigenvalue weighted by Gasteiger charge is -2.33. The van der Waals surface area contributed by atoms with Crippen molar-refractivity contribution in [2.24, 2.45) is 11.3 Å². The molecule has 1 aliphatic carbocycles. The highest BCUT2D eigenvalue weighted by Crippen LogP contribution is 2.39. The third-order valence-electron chi connectivity index (χ3n) is 2.38. The molecule has 12 heavy (non-hydrogen) atoms. The van der Waals surface area contributed by atoms with Crippen LogP contribution in [0.25, 0.3) is 0 Å². The van der Waals surface area contributed by atoms with E-state index in [1.54, 1.807) is 0 Å². The Kier molecular flexibility index (Phi) is 2.09. The molecule has 0 heterocycles. The van der Waals surface area contributed by atoms with E-state index in [0.29, 0.717) is 5.57 Å².